The first-order chi connectivity index (χ1) is 7.88. The maximum atomic E-state index is 4.37. The van der Waals surface area contributed by atoms with E-state index in [2.05, 4.69) is 26.7 Å². The van der Waals surface area contributed by atoms with Crippen molar-refractivity contribution < 1.29 is 0 Å². The first kappa shape index (κ1) is 10.6. The summed E-state index contributed by atoms with van der Waals surface area (Å²) >= 11 is 0. The summed E-state index contributed by atoms with van der Waals surface area (Å²) in [6, 6.07) is 8.00. The van der Waals surface area contributed by atoms with Crippen LogP contribution in [0.15, 0.2) is 36.7 Å². The lowest BCUT2D eigenvalue weighted by atomic mass is 10.3. The molecule has 3 aromatic heterocycles. The Kier molecular flexibility index (Phi) is 2.86. The molecule has 3 rings (SSSR count). The molecule has 0 aliphatic carbocycles. The Morgan fingerprint density at radius 2 is 1.69 bits per heavy atom. The highest BCUT2D eigenvalue weighted by molar-refractivity contribution is 6.03. The molecule has 0 unspecified atom stereocenters. The van der Waals surface area contributed by atoms with E-state index in [1.165, 1.54) is 0 Å². The summed E-state index contributed by atoms with van der Waals surface area (Å²) in [6.45, 7) is 4.00. The highest BCUT2D eigenvalue weighted by Crippen LogP contribution is 2.23. The SMILES string of the molecule is CC.Cn1c2cccnc2c2cccnc21. The van der Waals surface area contributed by atoms with E-state index in [9.17, 15) is 0 Å². The molecule has 3 heteroatoms. The van der Waals surface area contributed by atoms with Crippen molar-refractivity contribution in [3.8, 4) is 0 Å². The molecule has 0 aliphatic rings. The molecule has 0 saturated carbocycles. The van der Waals surface area contributed by atoms with E-state index >= 15 is 0 Å². The van der Waals surface area contributed by atoms with Gasteiger partial charge in [0.15, 0.2) is 0 Å². The lowest BCUT2D eigenvalue weighted by molar-refractivity contribution is 0.988. The van der Waals surface area contributed by atoms with Crippen LogP contribution in [0.5, 0.6) is 0 Å². The van der Waals surface area contributed by atoms with Gasteiger partial charge in [-0.2, -0.15) is 0 Å². The second kappa shape index (κ2) is 4.31. The Balaban J connectivity index is 0.000000457. The Labute approximate surface area is 94.8 Å². The van der Waals surface area contributed by atoms with Crippen molar-refractivity contribution in [3.63, 3.8) is 0 Å². The molecule has 3 heterocycles. The second-order valence-corrected chi connectivity index (χ2v) is 3.30. The normalized spacial score (nSPS) is 10.2. The van der Waals surface area contributed by atoms with Gasteiger partial charge in [0, 0.05) is 24.8 Å². The largest absolute Gasteiger partial charge is 0.327 e. The Bertz CT molecular complexity index is 557. The van der Waals surface area contributed by atoms with Gasteiger partial charge in [0.2, 0.25) is 0 Å². The van der Waals surface area contributed by atoms with Crippen LogP contribution in [0.25, 0.3) is 22.1 Å². The molecule has 3 aromatic rings. The fourth-order valence-corrected chi connectivity index (χ4v) is 1.84. The third kappa shape index (κ3) is 1.45. The van der Waals surface area contributed by atoms with Crippen LogP contribution >= 0.6 is 0 Å². The topological polar surface area (TPSA) is 30.7 Å². The van der Waals surface area contributed by atoms with Crippen LogP contribution in [0.3, 0.4) is 0 Å². The van der Waals surface area contributed by atoms with Gasteiger partial charge in [0.25, 0.3) is 0 Å². The van der Waals surface area contributed by atoms with Crippen LogP contribution in [0.2, 0.25) is 0 Å². The molecular weight excluding hydrogens is 198 g/mol. The Morgan fingerprint density at radius 1 is 1.00 bits per heavy atom. The fraction of sp³-hybridized carbons (Fsp3) is 0.231. The minimum Gasteiger partial charge on any atom is -0.327 e. The number of aryl methyl sites for hydroxylation is 1. The van der Waals surface area contributed by atoms with E-state index in [4.69, 9.17) is 0 Å². The van der Waals surface area contributed by atoms with Gasteiger partial charge in [0.1, 0.15) is 5.65 Å². The average Bonchev–Trinajstić information content (AvgIpc) is 2.67. The molecule has 0 fully saturated rings. The lowest BCUT2D eigenvalue weighted by Crippen LogP contribution is -1.88. The van der Waals surface area contributed by atoms with Crippen LogP contribution in [0, 0.1) is 0 Å². The number of fused-ring (bicyclic) bond motifs is 3. The lowest BCUT2D eigenvalue weighted by Gasteiger charge is -1.94. The fourth-order valence-electron chi connectivity index (χ4n) is 1.84. The molecule has 82 valence electrons. The Hall–Kier alpha value is -1.90. The van der Waals surface area contributed by atoms with Gasteiger partial charge in [-0.1, -0.05) is 13.8 Å². The summed E-state index contributed by atoms with van der Waals surface area (Å²) in [5, 5.41) is 1.12. The minimum absolute atomic E-state index is 0.987. The van der Waals surface area contributed by atoms with Crippen molar-refractivity contribution in [1.29, 1.82) is 0 Å². The zero-order chi connectivity index (χ0) is 11.5. The highest BCUT2D eigenvalue weighted by atomic mass is 15.0. The van der Waals surface area contributed by atoms with Crippen molar-refractivity contribution in [2.24, 2.45) is 7.05 Å². The first-order valence-corrected chi connectivity index (χ1v) is 5.52. The van der Waals surface area contributed by atoms with E-state index in [0.29, 0.717) is 0 Å². The molecule has 0 atom stereocenters. The number of hydrogen-bond acceptors (Lipinski definition) is 2. The summed E-state index contributed by atoms with van der Waals surface area (Å²) in [6.07, 6.45) is 3.62. The quantitative estimate of drug-likeness (QED) is 0.574. The third-order valence-electron chi connectivity index (χ3n) is 2.51. The molecule has 0 amide bonds. The number of pyridine rings is 2. The van der Waals surface area contributed by atoms with Crippen LogP contribution < -0.4 is 0 Å². The van der Waals surface area contributed by atoms with E-state index in [1.807, 2.05) is 39.2 Å². The Morgan fingerprint density at radius 3 is 2.50 bits per heavy atom. The van der Waals surface area contributed by atoms with Gasteiger partial charge in [-0.05, 0) is 24.3 Å². The van der Waals surface area contributed by atoms with E-state index < -0.39 is 0 Å². The minimum atomic E-state index is 0.987. The summed E-state index contributed by atoms with van der Waals surface area (Å²) in [4.78, 5) is 8.71. The van der Waals surface area contributed by atoms with Crippen molar-refractivity contribution in [3.05, 3.63) is 36.7 Å². The maximum absolute atomic E-state index is 4.37. The highest BCUT2D eigenvalue weighted by Gasteiger charge is 2.07. The molecule has 0 aliphatic heterocycles. The summed E-state index contributed by atoms with van der Waals surface area (Å²) in [5.41, 5.74) is 3.14. The summed E-state index contributed by atoms with van der Waals surface area (Å²) < 4.78 is 2.07. The molecule has 0 bridgehead atoms. The predicted octanol–water partition coefficient (Wildman–Crippen LogP) is 3.15. The second-order valence-electron chi connectivity index (χ2n) is 3.30. The van der Waals surface area contributed by atoms with E-state index in [1.54, 1.807) is 6.20 Å². The molecule has 16 heavy (non-hydrogen) atoms. The number of nitrogens with zero attached hydrogens (tertiary/aromatic N) is 3. The van der Waals surface area contributed by atoms with Crippen LogP contribution in [0.4, 0.5) is 0 Å². The third-order valence-corrected chi connectivity index (χ3v) is 2.51. The van der Waals surface area contributed by atoms with Gasteiger partial charge in [0.05, 0.1) is 11.0 Å². The summed E-state index contributed by atoms with van der Waals surface area (Å²) in [5.74, 6) is 0. The molecular formula is C13H15N3. The maximum Gasteiger partial charge on any atom is 0.142 e. The number of hydrogen-bond donors (Lipinski definition) is 0. The zero-order valence-corrected chi connectivity index (χ0v) is 9.81. The first-order valence-electron chi connectivity index (χ1n) is 5.52. The van der Waals surface area contributed by atoms with Crippen LogP contribution in [0.1, 0.15) is 13.8 Å². The molecule has 0 radical (unpaired) electrons. The molecule has 0 spiro atoms. The van der Waals surface area contributed by atoms with Crippen LogP contribution in [-0.4, -0.2) is 14.5 Å². The monoisotopic (exact) mass is 213 g/mol. The molecule has 3 nitrogen and oxygen atoms in total. The standard InChI is InChI=1S/C11H9N3.C2H6/c1-14-9-5-3-6-12-10(9)8-4-2-7-13-11(8)14;1-2/h2-7H,1H3;1-2H3. The van der Waals surface area contributed by atoms with Crippen molar-refractivity contribution in [2.75, 3.05) is 0 Å². The van der Waals surface area contributed by atoms with E-state index in [-0.39, 0.29) is 0 Å². The predicted molar refractivity (Wildman–Crippen MR) is 67.4 cm³/mol. The van der Waals surface area contributed by atoms with E-state index in [0.717, 1.165) is 22.1 Å². The number of aromatic nitrogens is 3. The van der Waals surface area contributed by atoms with Crippen molar-refractivity contribution >= 4 is 22.1 Å². The van der Waals surface area contributed by atoms with Gasteiger partial charge in [-0.25, -0.2) is 4.98 Å². The molecule has 0 aromatic carbocycles. The number of rotatable bonds is 0. The van der Waals surface area contributed by atoms with Gasteiger partial charge in [-0.15, -0.1) is 0 Å². The van der Waals surface area contributed by atoms with Crippen molar-refractivity contribution in [2.45, 2.75) is 13.8 Å². The molecule has 0 N–H and O–H groups in total. The smallest absolute Gasteiger partial charge is 0.142 e. The zero-order valence-electron chi connectivity index (χ0n) is 9.81. The van der Waals surface area contributed by atoms with Gasteiger partial charge < -0.3 is 4.57 Å². The van der Waals surface area contributed by atoms with Crippen LogP contribution in [-0.2, 0) is 7.05 Å². The van der Waals surface area contributed by atoms with Gasteiger partial charge >= 0.3 is 0 Å². The average molecular weight is 213 g/mol. The molecule has 0 saturated heterocycles. The van der Waals surface area contributed by atoms with Gasteiger partial charge in [-0.3, -0.25) is 4.98 Å². The summed E-state index contributed by atoms with van der Waals surface area (Å²) in [7, 11) is 2.01. The van der Waals surface area contributed by atoms with Crippen molar-refractivity contribution in [1.82, 2.24) is 14.5 Å².